The molecule has 0 aliphatic rings. The molecule has 0 spiro atoms. The topological polar surface area (TPSA) is 88.1 Å². The molecule has 0 unspecified atom stereocenters. The summed E-state index contributed by atoms with van der Waals surface area (Å²) in [5.74, 6) is 0.725. The third-order valence-corrected chi connectivity index (χ3v) is 7.51. The van der Waals surface area contributed by atoms with Gasteiger partial charge in [-0.3, -0.25) is 4.79 Å². The number of ether oxygens (including phenoxy) is 1. The third-order valence-electron chi connectivity index (χ3n) is 5.47. The molecule has 0 heterocycles. The normalized spacial score (nSPS) is 11.6. The van der Waals surface area contributed by atoms with Gasteiger partial charge in [-0.15, -0.1) is 0 Å². The van der Waals surface area contributed by atoms with Crippen molar-refractivity contribution in [2.45, 2.75) is 18.4 Å². The van der Waals surface area contributed by atoms with E-state index in [1.165, 1.54) is 18.3 Å². The number of hydrogen-bond acceptors (Lipinski definition) is 5. The molecule has 4 rings (SSSR count). The maximum atomic E-state index is 13.4. The van der Waals surface area contributed by atoms with Gasteiger partial charge in [0, 0.05) is 11.6 Å². The van der Waals surface area contributed by atoms with Gasteiger partial charge in [-0.2, -0.15) is 9.41 Å². The number of nitrogens with one attached hydrogen (secondary N) is 1. The van der Waals surface area contributed by atoms with E-state index >= 15 is 0 Å². The minimum Gasteiger partial charge on any atom is -0.457 e. The highest BCUT2D eigenvalue weighted by molar-refractivity contribution is 7.89. The molecule has 4 aromatic rings. The lowest BCUT2D eigenvalue weighted by atomic mass is 10.2. The molecule has 4 aromatic carbocycles. The van der Waals surface area contributed by atoms with Crippen molar-refractivity contribution < 1.29 is 17.9 Å². The number of rotatable bonds is 10. The summed E-state index contributed by atoms with van der Waals surface area (Å²) in [6.07, 6.45) is 1.46. The van der Waals surface area contributed by atoms with E-state index in [2.05, 4.69) is 10.5 Å². The molecule has 9 heteroatoms. The Hall–Kier alpha value is -3.98. The second-order valence-electron chi connectivity index (χ2n) is 8.50. The van der Waals surface area contributed by atoms with Gasteiger partial charge in [-0.25, -0.2) is 13.8 Å². The first-order valence-electron chi connectivity index (χ1n) is 11.8. The molecular weight excluding hydrogens is 522 g/mol. The van der Waals surface area contributed by atoms with Crippen LogP contribution in [0.15, 0.2) is 113 Å². The van der Waals surface area contributed by atoms with Crippen molar-refractivity contribution in [3.63, 3.8) is 0 Å². The summed E-state index contributed by atoms with van der Waals surface area (Å²) in [5, 5.41) is 4.48. The second-order valence-corrected chi connectivity index (χ2v) is 10.9. The number of amides is 1. The first-order chi connectivity index (χ1) is 18.3. The number of hydrazone groups is 1. The average molecular weight is 548 g/mol. The van der Waals surface area contributed by atoms with Crippen LogP contribution in [0.3, 0.4) is 0 Å². The van der Waals surface area contributed by atoms with Crippen molar-refractivity contribution in [3.8, 4) is 11.5 Å². The summed E-state index contributed by atoms with van der Waals surface area (Å²) in [5.41, 5.74) is 4.69. The number of aryl methyl sites for hydroxylation is 1. The summed E-state index contributed by atoms with van der Waals surface area (Å²) in [7, 11) is -3.98. The van der Waals surface area contributed by atoms with Crippen LogP contribution in [-0.4, -0.2) is 31.4 Å². The van der Waals surface area contributed by atoms with Gasteiger partial charge in [0.1, 0.15) is 11.5 Å². The Balaban J connectivity index is 1.46. The Labute approximate surface area is 227 Å². The van der Waals surface area contributed by atoms with Crippen molar-refractivity contribution in [1.82, 2.24) is 9.73 Å². The van der Waals surface area contributed by atoms with Crippen molar-refractivity contribution >= 4 is 33.7 Å². The Morgan fingerprint density at radius 3 is 2.37 bits per heavy atom. The highest BCUT2D eigenvalue weighted by atomic mass is 35.5. The molecule has 0 radical (unpaired) electrons. The number of carbonyl (C=O) groups is 1. The Morgan fingerprint density at radius 2 is 1.63 bits per heavy atom. The van der Waals surface area contributed by atoms with Gasteiger partial charge in [0.25, 0.3) is 5.91 Å². The molecule has 7 nitrogen and oxygen atoms in total. The quantitative estimate of drug-likeness (QED) is 0.201. The zero-order chi connectivity index (χ0) is 27.0. The van der Waals surface area contributed by atoms with E-state index < -0.39 is 22.5 Å². The van der Waals surface area contributed by atoms with Gasteiger partial charge < -0.3 is 4.74 Å². The standard InChI is InChI=1S/C29H26ClN3O4S/c1-22-13-15-28(16-14-22)38(35,36)33(20-24-8-5-9-25(30)17-24)21-29(34)32-31-19-23-7-6-12-27(18-23)37-26-10-3-2-4-11-26/h2-19H,20-21H2,1H3,(H,32,34)/b31-19-. The van der Waals surface area contributed by atoms with E-state index in [0.29, 0.717) is 27.6 Å². The van der Waals surface area contributed by atoms with E-state index in [0.717, 1.165) is 9.87 Å². The molecule has 38 heavy (non-hydrogen) atoms. The van der Waals surface area contributed by atoms with Crippen molar-refractivity contribution in [2.24, 2.45) is 5.10 Å². The van der Waals surface area contributed by atoms with Crippen LogP contribution >= 0.6 is 11.6 Å². The lowest BCUT2D eigenvalue weighted by molar-refractivity contribution is -0.121. The monoisotopic (exact) mass is 547 g/mol. The maximum absolute atomic E-state index is 13.4. The fourth-order valence-electron chi connectivity index (χ4n) is 3.58. The number of carbonyl (C=O) groups excluding carboxylic acids is 1. The average Bonchev–Trinajstić information content (AvgIpc) is 2.89. The van der Waals surface area contributed by atoms with Crippen LogP contribution in [0.1, 0.15) is 16.7 Å². The van der Waals surface area contributed by atoms with Crippen molar-refractivity contribution in [3.05, 3.63) is 125 Å². The molecule has 0 atom stereocenters. The zero-order valence-corrected chi connectivity index (χ0v) is 22.2. The Morgan fingerprint density at radius 1 is 0.921 bits per heavy atom. The molecular formula is C29H26ClN3O4S. The van der Waals surface area contributed by atoms with Gasteiger partial charge >= 0.3 is 0 Å². The van der Waals surface area contributed by atoms with E-state index in [4.69, 9.17) is 16.3 Å². The fourth-order valence-corrected chi connectivity index (χ4v) is 5.18. The summed E-state index contributed by atoms with van der Waals surface area (Å²) in [4.78, 5) is 12.9. The number of hydrogen-bond donors (Lipinski definition) is 1. The highest BCUT2D eigenvalue weighted by Crippen LogP contribution is 2.22. The first kappa shape index (κ1) is 27.1. The van der Waals surface area contributed by atoms with Crippen LogP contribution in [0.5, 0.6) is 11.5 Å². The van der Waals surface area contributed by atoms with E-state index in [1.54, 1.807) is 48.5 Å². The number of sulfonamides is 1. The fraction of sp³-hybridized carbons (Fsp3) is 0.103. The number of benzene rings is 4. The van der Waals surface area contributed by atoms with Crippen LogP contribution in [0.25, 0.3) is 0 Å². The van der Waals surface area contributed by atoms with Gasteiger partial charge in [0.05, 0.1) is 17.7 Å². The Kier molecular flexibility index (Phi) is 8.91. The third kappa shape index (κ3) is 7.52. The molecule has 0 aromatic heterocycles. The number of halogens is 1. The van der Waals surface area contributed by atoms with Crippen molar-refractivity contribution in [2.75, 3.05) is 6.54 Å². The van der Waals surface area contributed by atoms with Crippen LogP contribution in [0.4, 0.5) is 0 Å². The van der Waals surface area contributed by atoms with Gasteiger partial charge in [0.15, 0.2) is 0 Å². The summed E-state index contributed by atoms with van der Waals surface area (Å²) < 4.78 is 33.7. The number of para-hydroxylation sites is 1. The summed E-state index contributed by atoms with van der Waals surface area (Å²) in [6, 6.07) is 29.9. The maximum Gasteiger partial charge on any atom is 0.255 e. The number of nitrogens with zero attached hydrogens (tertiary/aromatic N) is 2. The van der Waals surface area contributed by atoms with Gasteiger partial charge in [-0.05, 0) is 66.6 Å². The van der Waals surface area contributed by atoms with Gasteiger partial charge in [0.2, 0.25) is 10.0 Å². The van der Waals surface area contributed by atoms with Crippen LogP contribution in [0.2, 0.25) is 5.02 Å². The summed E-state index contributed by atoms with van der Waals surface area (Å²) in [6.45, 7) is 1.40. The smallest absolute Gasteiger partial charge is 0.255 e. The van der Waals surface area contributed by atoms with Crippen LogP contribution < -0.4 is 10.2 Å². The zero-order valence-electron chi connectivity index (χ0n) is 20.6. The van der Waals surface area contributed by atoms with E-state index in [-0.39, 0.29) is 11.4 Å². The molecule has 0 aliphatic heterocycles. The molecule has 194 valence electrons. The van der Waals surface area contributed by atoms with E-state index in [9.17, 15) is 13.2 Å². The van der Waals surface area contributed by atoms with Crippen molar-refractivity contribution in [1.29, 1.82) is 0 Å². The predicted molar refractivity (Wildman–Crippen MR) is 149 cm³/mol. The predicted octanol–water partition coefficient (Wildman–Crippen LogP) is 5.78. The van der Waals surface area contributed by atoms with Gasteiger partial charge in [-0.1, -0.05) is 71.8 Å². The van der Waals surface area contributed by atoms with E-state index in [1.807, 2.05) is 49.4 Å². The molecule has 1 amide bonds. The second kappa shape index (κ2) is 12.5. The molecule has 1 N–H and O–H groups in total. The highest BCUT2D eigenvalue weighted by Gasteiger charge is 2.27. The lowest BCUT2D eigenvalue weighted by Crippen LogP contribution is -2.39. The minimum atomic E-state index is -3.98. The molecule has 0 bridgehead atoms. The van der Waals surface area contributed by atoms with Crippen LogP contribution in [0, 0.1) is 6.92 Å². The molecule has 0 saturated heterocycles. The summed E-state index contributed by atoms with van der Waals surface area (Å²) >= 11 is 6.09. The first-order valence-corrected chi connectivity index (χ1v) is 13.6. The largest absolute Gasteiger partial charge is 0.457 e. The lowest BCUT2D eigenvalue weighted by Gasteiger charge is -2.21. The molecule has 0 saturated carbocycles. The SMILES string of the molecule is Cc1ccc(S(=O)(=O)N(CC(=O)N/N=C\c2cccc(Oc3ccccc3)c2)Cc2cccc(Cl)c2)cc1. The molecule has 0 aliphatic carbocycles. The molecule has 0 fully saturated rings. The minimum absolute atomic E-state index is 0.0349. The van der Waals surface area contributed by atoms with Crippen LogP contribution in [-0.2, 0) is 21.4 Å². The Bertz CT molecular complexity index is 1530.